The molecular weight excluding hydrogens is 293 g/mol. The van der Waals surface area contributed by atoms with Crippen molar-refractivity contribution >= 4 is 17.4 Å². The van der Waals surface area contributed by atoms with E-state index in [0.717, 1.165) is 0 Å². The molecule has 0 radical (unpaired) electrons. The molecule has 5 nitrogen and oxygen atoms in total. The maximum atomic E-state index is 12.4. The molecule has 0 saturated heterocycles. The molecule has 0 fully saturated rings. The fourth-order valence-corrected chi connectivity index (χ4v) is 1.99. The molecule has 0 aliphatic rings. The van der Waals surface area contributed by atoms with Crippen molar-refractivity contribution in [2.45, 2.75) is 0 Å². The van der Waals surface area contributed by atoms with E-state index < -0.39 is 17.5 Å². The first-order valence-corrected chi connectivity index (χ1v) is 6.27. The van der Waals surface area contributed by atoms with Crippen molar-refractivity contribution < 1.29 is 49.4 Å². The van der Waals surface area contributed by atoms with Crippen molar-refractivity contribution in [3.05, 3.63) is 59.2 Å². The molecular formula is C16H14NNaO4. The van der Waals surface area contributed by atoms with Gasteiger partial charge < -0.3 is 15.1 Å². The maximum Gasteiger partial charge on any atom is 1.00 e. The van der Waals surface area contributed by atoms with E-state index in [1.165, 1.54) is 30.3 Å². The SMILES string of the molecule is CN(C)c1ccc(C(=O)c2ccccc2C(=O)O)c([O-])c1.[Na+]. The van der Waals surface area contributed by atoms with E-state index in [1.807, 2.05) is 0 Å². The minimum Gasteiger partial charge on any atom is -0.872 e. The van der Waals surface area contributed by atoms with Crippen LogP contribution in [0.15, 0.2) is 42.5 Å². The van der Waals surface area contributed by atoms with Gasteiger partial charge in [0.25, 0.3) is 0 Å². The zero-order valence-electron chi connectivity index (χ0n) is 12.7. The Balaban J connectivity index is 0.00000242. The fourth-order valence-electron chi connectivity index (χ4n) is 1.99. The zero-order chi connectivity index (χ0) is 15.6. The molecule has 0 atom stereocenters. The van der Waals surface area contributed by atoms with Crippen molar-refractivity contribution in [3.8, 4) is 5.75 Å². The first kappa shape index (κ1) is 18.2. The molecule has 22 heavy (non-hydrogen) atoms. The van der Waals surface area contributed by atoms with Crippen molar-refractivity contribution in [1.82, 2.24) is 0 Å². The molecule has 0 aromatic heterocycles. The molecule has 2 aromatic rings. The van der Waals surface area contributed by atoms with Gasteiger partial charge in [0.15, 0.2) is 5.78 Å². The van der Waals surface area contributed by atoms with Crippen LogP contribution in [-0.4, -0.2) is 31.0 Å². The van der Waals surface area contributed by atoms with Gasteiger partial charge in [0, 0.05) is 30.9 Å². The minimum absolute atomic E-state index is 0. The van der Waals surface area contributed by atoms with Crippen LogP contribution in [0.25, 0.3) is 0 Å². The number of carboxylic acid groups (broad SMARTS) is 1. The molecule has 0 bridgehead atoms. The van der Waals surface area contributed by atoms with Crippen LogP contribution < -0.4 is 39.6 Å². The van der Waals surface area contributed by atoms with Gasteiger partial charge >= 0.3 is 35.5 Å². The third-order valence-corrected chi connectivity index (χ3v) is 3.13. The van der Waals surface area contributed by atoms with Crippen molar-refractivity contribution in [2.24, 2.45) is 0 Å². The van der Waals surface area contributed by atoms with E-state index in [4.69, 9.17) is 5.11 Å². The van der Waals surface area contributed by atoms with Gasteiger partial charge in [-0.15, -0.1) is 0 Å². The van der Waals surface area contributed by atoms with Crippen LogP contribution in [0, 0.1) is 0 Å². The molecule has 0 spiro atoms. The number of ketones is 1. The van der Waals surface area contributed by atoms with Crippen LogP contribution in [0.1, 0.15) is 26.3 Å². The number of rotatable bonds is 4. The second-order valence-electron chi connectivity index (χ2n) is 4.75. The van der Waals surface area contributed by atoms with E-state index in [9.17, 15) is 14.7 Å². The Kier molecular flexibility index (Phi) is 6.17. The molecule has 0 unspecified atom stereocenters. The van der Waals surface area contributed by atoms with Gasteiger partial charge in [-0.1, -0.05) is 23.9 Å². The van der Waals surface area contributed by atoms with Crippen molar-refractivity contribution in [3.63, 3.8) is 0 Å². The molecule has 1 N–H and O–H groups in total. The molecule has 2 rings (SSSR count). The standard InChI is InChI=1S/C16H15NO4.Na/c1-17(2)10-7-8-13(14(18)9-10)15(19)11-5-3-4-6-12(11)16(20)21;/h3-9,18H,1-2H3,(H,20,21);/q;+1/p-1. The van der Waals surface area contributed by atoms with Crippen LogP contribution in [0.3, 0.4) is 0 Å². The second-order valence-corrected chi connectivity index (χ2v) is 4.75. The maximum absolute atomic E-state index is 12.4. The number of hydrogen-bond acceptors (Lipinski definition) is 4. The number of carbonyl (C=O) groups excluding carboxylic acids is 1. The Morgan fingerprint density at radius 3 is 2.09 bits per heavy atom. The van der Waals surface area contributed by atoms with Crippen molar-refractivity contribution in [1.29, 1.82) is 0 Å². The summed E-state index contributed by atoms with van der Waals surface area (Å²) >= 11 is 0. The number of carbonyl (C=O) groups is 2. The first-order valence-electron chi connectivity index (χ1n) is 6.27. The Morgan fingerprint density at radius 2 is 1.59 bits per heavy atom. The van der Waals surface area contributed by atoms with E-state index in [2.05, 4.69) is 0 Å². The summed E-state index contributed by atoms with van der Waals surface area (Å²) in [5.41, 5.74) is 0.552. The number of benzene rings is 2. The molecule has 0 aliphatic carbocycles. The van der Waals surface area contributed by atoms with Crippen LogP contribution in [-0.2, 0) is 0 Å². The molecule has 0 heterocycles. The minimum atomic E-state index is -1.20. The number of anilines is 1. The quantitative estimate of drug-likeness (QED) is 0.564. The average molecular weight is 307 g/mol. The van der Waals surface area contributed by atoms with Gasteiger partial charge in [-0.2, -0.15) is 0 Å². The summed E-state index contributed by atoms with van der Waals surface area (Å²) < 4.78 is 0. The van der Waals surface area contributed by atoms with Crippen LogP contribution in [0.4, 0.5) is 5.69 Å². The first-order chi connectivity index (χ1) is 9.91. The Labute approximate surface area is 150 Å². The van der Waals surface area contributed by atoms with E-state index >= 15 is 0 Å². The van der Waals surface area contributed by atoms with E-state index in [1.54, 1.807) is 31.1 Å². The molecule has 108 valence electrons. The van der Waals surface area contributed by atoms with Gasteiger partial charge in [0.1, 0.15) is 0 Å². The predicted molar refractivity (Wildman–Crippen MR) is 77.0 cm³/mol. The second kappa shape index (κ2) is 7.45. The average Bonchev–Trinajstić information content (AvgIpc) is 2.46. The van der Waals surface area contributed by atoms with Gasteiger partial charge in [-0.25, -0.2) is 4.79 Å². The monoisotopic (exact) mass is 307 g/mol. The van der Waals surface area contributed by atoms with Gasteiger partial charge in [-0.3, -0.25) is 4.79 Å². The van der Waals surface area contributed by atoms with Crippen LogP contribution in [0.5, 0.6) is 5.75 Å². The third-order valence-electron chi connectivity index (χ3n) is 3.13. The summed E-state index contributed by atoms with van der Waals surface area (Å²) in [6.45, 7) is 0. The summed E-state index contributed by atoms with van der Waals surface area (Å²) in [7, 11) is 3.58. The summed E-state index contributed by atoms with van der Waals surface area (Å²) in [4.78, 5) is 25.3. The summed E-state index contributed by atoms with van der Waals surface area (Å²) in [6.07, 6.45) is 0. The third kappa shape index (κ3) is 3.68. The predicted octanol–water partition coefficient (Wildman–Crippen LogP) is -1.24. The Bertz CT molecular complexity index is 713. The van der Waals surface area contributed by atoms with Gasteiger partial charge in [0.05, 0.1) is 5.56 Å². The number of carboxylic acids is 1. The summed E-state index contributed by atoms with van der Waals surface area (Å²) in [6, 6.07) is 10.3. The molecule has 0 amide bonds. The van der Waals surface area contributed by atoms with Gasteiger partial charge in [0.2, 0.25) is 0 Å². The summed E-state index contributed by atoms with van der Waals surface area (Å²) in [5.74, 6) is -2.20. The number of hydrogen-bond donors (Lipinski definition) is 1. The number of aromatic carboxylic acids is 1. The molecule has 0 saturated carbocycles. The van der Waals surface area contributed by atoms with Gasteiger partial charge in [-0.05, 0) is 24.3 Å². The van der Waals surface area contributed by atoms with Crippen molar-refractivity contribution in [2.75, 3.05) is 19.0 Å². The Hall–Kier alpha value is -1.82. The normalized spacial score (nSPS) is 9.73. The fraction of sp³-hybridized carbons (Fsp3) is 0.125. The largest absolute Gasteiger partial charge is 1.00 e. The smallest absolute Gasteiger partial charge is 0.872 e. The molecule has 6 heteroatoms. The molecule has 2 aromatic carbocycles. The van der Waals surface area contributed by atoms with Crippen LogP contribution in [0.2, 0.25) is 0 Å². The van der Waals surface area contributed by atoms with E-state index in [0.29, 0.717) is 5.69 Å². The summed E-state index contributed by atoms with van der Waals surface area (Å²) in [5, 5.41) is 21.2. The Morgan fingerprint density at radius 1 is 1.00 bits per heavy atom. The molecule has 0 aliphatic heterocycles. The number of nitrogens with zero attached hydrogens (tertiary/aromatic N) is 1. The topological polar surface area (TPSA) is 80.7 Å². The zero-order valence-corrected chi connectivity index (χ0v) is 14.7. The van der Waals surface area contributed by atoms with E-state index in [-0.39, 0.29) is 46.2 Å². The van der Waals surface area contributed by atoms with Crippen LogP contribution >= 0.6 is 0 Å².